The van der Waals surface area contributed by atoms with Crippen LogP contribution in [0.4, 0.5) is 0 Å². The van der Waals surface area contributed by atoms with E-state index in [1.807, 2.05) is 89.3 Å². The molecule has 0 amide bonds. The molecule has 13 nitrogen and oxygen atoms in total. The molecule has 13 heteroatoms. The number of amidine groups is 1. The molecule has 3 fully saturated rings. The van der Waals surface area contributed by atoms with E-state index in [1.165, 1.54) is 0 Å². The Hall–Kier alpha value is -2.26. The minimum absolute atomic E-state index is 0.0291. The number of fused-ring (bicyclic) bond motifs is 3. The Morgan fingerprint density at radius 3 is 2.30 bits per heavy atom. The van der Waals surface area contributed by atoms with Crippen LogP contribution in [0.5, 0.6) is 0 Å². The van der Waals surface area contributed by atoms with Crippen LogP contribution in [0.2, 0.25) is 0 Å². The number of aliphatic hydroxyl groups is 1. The van der Waals surface area contributed by atoms with Crippen molar-refractivity contribution < 1.29 is 52.5 Å². The van der Waals surface area contributed by atoms with Crippen LogP contribution < -0.4 is 0 Å². The Morgan fingerprint density at radius 2 is 1.69 bits per heavy atom. The van der Waals surface area contributed by atoms with Crippen LogP contribution >= 0.6 is 0 Å². The highest BCUT2D eigenvalue weighted by molar-refractivity contribution is 5.76. The standard InChI is InChI=1S/C41H68N2O11/c1-16-29-39(10)18-22(4)31(54-39)23(5)19-41(12,47-15)35(53-37-33-28(17-24(6)48-37)43(13)38(52-33)42-21(2)3)25(7)32(26(8)36(45)50-29)51-30-20-40(11,46-14)34(44)27(9)49-30/h18,21,24-30,32-35,37,44H,16-17,19-20H2,1-15H3/b31-23-,42-38?/t24-,25+,26-,27+,28+,29-,30+,32+,33-,34+,35-,37+,39+,40-,41+/m1/s1. The summed E-state index contributed by atoms with van der Waals surface area (Å²) in [5, 5.41) is 11.0. The van der Waals surface area contributed by atoms with E-state index in [4.69, 9.17) is 47.6 Å². The van der Waals surface area contributed by atoms with Gasteiger partial charge in [0.2, 0.25) is 0 Å². The van der Waals surface area contributed by atoms with Gasteiger partial charge in [-0.3, -0.25) is 4.79 Å². The first-order valence-corrected chi connectivity index (χ1v) is 19.9. The summed E-state index contributed by atoms with van der Waals surface area (Å²) in [4.78, 5) is 21.2. The molecule has 5 rings (SSSR count). The van der Waals surface area contributed by atoms with Crippen molar-refractivity contribution in [3.63, 3.8) is 0 Å². The molecule has 0 unspecified atom stereocenters. The Morgan fingerprint density at radius 1 is 1.02 bits per heavy atom. The predicted molar refractivity (Wildman–Crippen MR) is 203 cm³/mol. The van der Waals surface area contributed by atoms with Crippen molar-refractivity contribution >= 4 is 12.0 Å². The van der Waals surface area contributed by atoms with Gasteiger partial charge in [0.15, 0.2) is 24.3 Å². The van der Waals surface area contributed by atoms with Gasteiger partial charge in [0, 0.05) is 46.1 Å². The first-order chi connectivity index (χ1) is 25.2. The predicted octanol–water partition coefficient (Wildman–Crippen LogP) is 5.67. The summed E-state index contributed by atoms with van der Waals surface area (Å²) < 4.78 is 58.9. The van der Waals surface area contributed by atoms with Crippen molar-refractivity contribution in [2.45, 2.75) is 193 Å². The minimum Gasteiger partial charge on any atom is -0.479 e. The maximum atomic E-state index is 14.4. The fourth-order valence-electron chi connectivity index (χ4n) is 9.23. The van der Waals surface area contributed by atoms with Crippen molar-refractivity contribution in [1.29, 1.82) is 0 Å². The lowest BCUT2D eigenvalue weighted by Crippen LogP contribution is -2.60. The number of carbonyl (C=O) groups is 1. The molecule has 0 aromatic rings. The maximum absolute atomic E-state index is 14.4. The number of likely N-dealkylation sites (N-methyl/N-ethyl adjacent to an activating group) is 1. The average molecular weight is 765 g/mol. The molecule has 54 heavy (non-hydrogen) atoms. The van der Waals surface area contributed by atoms with Gasteiger partial charge in [-0.2, -0.15) is 0 Å². The van der Waals surface area contributed by atoms with Crippen molar-refractivity contribution in [1.82, 2.24) is 4.90 Å². The van der Waals surface area contributed by atoms with Crippen molar-refractivity contribution in [2.75, 3.05) is 21.3 Å². The summed E-state index contributed by atoms with van der Waals surface area (Å²) in [5.74, 6) is -0.982. The first kappa shape index (κ1) is 42.9. The van der Waals surface area contributed by atoms with E-state index in [-0.39, 0.29) is 24.6 Å². The van der Waals surface area contributed by atoms with E-state index in [0.717, 1.165) is 23.3 Å². The Balaban J connectivity index is 1.62. The van der Waals surface area contributed by atoms with Gasteiger partial charge in [-0.25, -0.2) is 4.99 Å². The fourth-order valence-corrected chi connectivity index (χ4v) is 9.23. The monoisotopic (exact) mass is 764 g/mol. The molecule has 5 aliphatic heterocycles. The minimum atomic E-state index is -0.987. The van der Waals surface area contributed by atoms with E-state index in [2.05, 4.69) is 4.90 Å². The Labute approximate surface area is 323 Å². The van der Waals surface area contributed by atoms with Gasteiger partial charge in [-0.1, -0.05) is 13.8 Å². The van der Waals surface area contributed by atoms with E-state index >= 15 is 0 Å². The number of cyclic esters (lactones) is 1. The lowest BCUT2D eigenvalue weighted by molar-refractivity contribution is -0.314. The molecule has 0 spiro atoms. The molecular weight excluding hydrogens is 696 g/mol. The number of aliphatic hydroxyl groups excluding tert-OH is 1. The summed E-state index contributed by atoms with van der Waals surface area (Å²) in [6.07, 6.45) is -1.79. The number of allylic oxidation sites excluding steroid dienone is 1. The smallest absolute Gasteiger partial charge is 0.311 e. The van der Waals surface area contributed by atoms with Crippen LogP contribution in [0, 0.1) is 11.8 Å². The summed E-state index contributed by atoms with van der Waals surface area (Å²) in [6, 6.07) is 0.569. The number of carbonyl (C=O) groups excluding carboxylic acids is 1. The van der Waals surface area contributed by atoms with Crippen molar-refractivity contribution in [2.24, 2.45) is 16.8 Å². The van der Waals surface area contributed by atoms with Crippen LogP contribution in [-0.2, 0) is 47.4 Å². The Bertz CT molecular complexity index is 1450. The molecule has 0 saturated carbocycles. The molecular formula is C41H68N2O11. The largest absolute Gasteiger partial charge is 0.479 e. The number of nitrogens with zero attached hydrogens (tertiary/aromatic N) is 2. The molecule has 0 radical (unpaired) electrons. The van der Waals surface area contributed by atoms with Gasteiger partial charge in [-0.15, -0.1) is 0 Å². The quantitative estimate of drug-likeness (QED) is 0.305. The molecule has 2 bridgehead atoms. The number of methoxy groups -OCH3 is 2. The zero-order chi connectivity index (χ0) is 40.1. The fraction of sp³-hybridized carbons (Fsp3) is 0.854. The highest BCUT2D eigenvalue weighted by Crippen LogP contribution is 2.45. The third kappa shape index (κ3) is 8.24. The number of esters is 1. The third-order valence-electron chi connectivity index (χ3n) is 12.4. The van der Waals surface area contributed by atoms with Crippen LogP contribution in [0.25, 0.3) is 0 Å². The third-order valence-corrected chi connectivity index (χ3v) is 12.4. The highest BCUT2D eigenvalue weighted by Gasteiger charge is 2.55. The summed E-state index contributed by atoms with van der Waals surface area (Å²) >= 11 is 0. The van der Waals surface area contributed by atoms with E-state index < -0.39 is 83.8 Å². The molecule has 1 N–H and O–H groups in total. The number of hydrogen-bond acceptors (Lipinski definition) is 12. The number of rotatable bonds is 8. The lowest BCUT2D eigenvalue weighted by atomic mass is 9.78. The summed E-state index contributed by atoms with van der Waals surface area (Å²) in [5.41, 5.74) is -0.862. The van der Waals surface area contributed by atoms with Crippen LogP contribution in [0.15, 0.2) is 28.0 Å². The molecule has 15 atom stereocenters. The van der Waals surface area contributed by atoms with Crippen LogP contribution in [0.3, 0.4) is 0 Å². The summed E-state index contributed by atoms with van der Waals surface area (Å²) in [7, 11) is 5.25. The molecule has 0 aromatic carbocycles. The zero-order valence-corrected chi connectivity index (χ0v) is 35.3. The maximum Gasteiger partial charge on any atom is 0.311 e. The first-order valence-electron chi connectivity index (χ1n) is 19.9. The lowest BCUT2D eigenvalue weighted by Gasteiger charge is -2.48. The zero-order valence-electron chi connectivity index (χ0n) is 35.3. The normalized spacial score (nSPS) is 46.9. The number of hydrogen-bond donors (Lipinski definition) is 1. The molecule has 5 aliphatic rings. The van der Waals surface area contributed by atoms with Crippen LogP contribution in [0.1, 0.15) is 109 Å². The number of aliphatic imine (C=N–C) groups is 1. The van der Waals surface area contributed by atoms with E-state index in [9.17, 15) is 9.90 Å². The highest BCUT2D eigenvalue weighted by atomic mass is 16.7. The van der Waals surface area contributed by atoms with Gasteiger partial charge in [-0.05, 0) is 99.3 Å². The second-order valence-corrected chi connectivity index (χ2v) is 17.3. The summed E-state index contributed by atoms with van der Waals surface area (Å²) in [6.45, 7) is 23.6. The average Bonchev–Trinajstić information content (AvgIpc) is 3.60. The van der Waals surface area contributed by atoms with Gasteiger partial charge in [0.05, 0.1) is 47.6 Å². The van der Waals surface area contributed by atoms with E-state index in [1.54, 1.807) is 21.1 Å². The second kappa shape index (κ2) is 16.3. The molecule has 308 valence electrons. The second-order valence-electron chi connectivity index (χ2n) is 17.3. The van der Waals surface area contributed by atoms with E-state index in [0.29, 0.717) is 18.9 Å². The SMILES string of the molecule is CC[C@H]1OC(=O)[C@H](C)[C@@H](O[C@H]2C[C@@](C)(OC)[C@@H](O)[C@H](C)O2)[C@H](C)[C@@H](O[C@@H]2O[C@H](C)C[C@H]3[C@H]2OC(=NC(C)C)N3C)[C@@](C)(OC)C/C(C)=C2\O[C@@]1(C)C=C2C. The van der Waals surface area contributed by atoms with Crippen LogP contribution in [-0.4, -0.2) is 127 Å². The molecule has 0 aliphatic carbocycles. The van der Waals surface area contributed by atoms with Crippen molar-refractivity contribution in [3.05, 3.63) is 23.0 Å². The molecule has 5 heterocycles. The molecule has 0 aromatic heterocycles. The van der Waals surface area contributed by atoms with Gasteiger partial charge in [0.1, 0.15) is 18.0 Å². The van der Waals surface area contributed by atoms with Gasteiger partial charge < -0.3 is 52.6 Å². The van der Waals surface area contributed by atoms with Gasteiger partial charge >= 0.3 is 5.97 Å². The molecule has 3 saturated heterocycles. The van der Waals surface area contributed by atoms with Gasteiger partial charge in [0.25, 0.3) is 6.02 Å². The Kier molecular flexibility index (Phi) is 12.9. The van der Waals surface area contributed by atoms with Crippen molar-refractivity contribution in [3.8, 4) is 0 Å². The topological polar surface area (TPSA) is 136 Å². The number of ether oxygens (including phenoxy) is 9.